The molecule has 0 atom stereocenters. The lowest BCUT2D eigenvalue weighted by molar-refractivity contribution is 0.0984. The van der Waals surface area contributed by atoms with Gasteiger partial charge in [-0.15, -0.1) is 0 Å². The average Bonchev–Trinajstić information content (AvgIpc) is 2.62. The summed E-state index contributed by atoms with van der Waals surface area (Å²) in [6, 6.07) is 5.72. The zero-order valence-corrected chi connectivity index (χ0v) is 14.8. The first-order valence-corrected chi connectivity index (χ1v) is 8.69. The van der Waals surface area contributed by atoms with Crippen LogP contribution in [0.3, 0.4) is 0 Å². The Morgan fingerprint density at radius 2 is 1.88 bits per heavy atom. The lowest BCUT2D eigenvalue weighted by Crippen LogP contribution is -2.40. The van der Waals surface area contributed by atoms with E-state index in [1.165, 1.54) is 19.3 Å². The van der Waals surface area contributed by atoms with E-state index in [-0.39, 0.29) is 35.5 Å². The van der Waals surface area contributed by atoms with Crippen molar-refractivity contribution in [3.63, 3.8) is 0 Å². The van der Waals surface area contributed by atoms with Crippen LogP contribution >= 0.6 is 0 Å². The number of benzene rings is 1. The molecule has 1 aliphatic heterocycles. The van der Waals surface area contributed by atoms with Crippen molar-refractivity contribution in [2.24, 2.45) is 5.73 Å². The van der Waals surface area contributed by atoms with Crippen LogP contribution in [0.1, 0.15) is 46.2 Å². The number of carbonyl (C=O) groups is 2. The predicted molar refractivity (Wildman–Crippen MR) is 100 cm³/mol. The summed E-state index contributed by atoms with van der Waals surface area (Å²) in [5.41, 5.74) is 14.3. The second-order valence-corrected chi connectivity index (χ2v) is 6.61. The maximum absolute atomic E-state index is 12.7. The standard InChI is InChI=1S/C19H23N5O2/c1-12(25)13-2-3-16(24-8-4-15(20)5-9-24)14(10-13)11-17(26)18-19(21)23-7-6-22-18/h2-3,6-7,10,15H,4-5,8-9,11,20H2,1H3,(H2,21,23). The molecule has 2 aromatic rings. The largest absolute Gasteiger partial charge is 0.382 e. The van der Waals surface area contributed by atoms with Crippen molar-refractivity contribution in [2.75, 3.05) is 23.7 Å². The molecule has 1 fully saturated rings. The molecular weight excluding hydrogens is 330 g/mol. The molecular formula is C19H23N5O2. The number of piperidine rings is 1. The fourth-order valence-electron chi connectivity index (χ4n) is 3.22. The van der Waals surface area contributed by atoms with Crippen LogP contribution in [0.2, 0.25) is 0 Å². The highest BCUT2D eigenvalue weighted by atomic mass is 16.1. The van der Waals surface area contributed by atoms with Crippen molar-refractivity contribution in [3.05, 3.63) is 47.4 Å². The molecule has 0 spiro atoms. The first-order chi connectivity index (χ1) is 12.5. The average molecular weight is 353 g/mol. The summed E-state index contributed by atoms with van der Waals surface area (Å²) in [6.45, 7) is 3.17. The lowest BCUT2D eigenvalue weighted by atomic mass is 9.97. The van der Waals surface area contributed by atoms with Crippen LogP contribution in [-0.4, -0.2) is 40.7 Å². The lowest BCUT2D eigenvalue weighted by Gasteiger charge is -2.33. The van der Waals surface area contributed by atoms with Gasteiger partial charge in [-0.3, -0.25) is 9.59 Å². The Hall–Kier alpha value is -2.80. The quantitative estimate of drug-likeness (QED) is 0.785. The van der Waals surface area contributed by atoms with Crippen molar-refractivity contribution in [1.82, 2.24) is 9.97 Å². The van der Waals surface area contributed by atoms with Crippen LogP contribution in [-0.2, 0) is 6.42 Å². The number of anilines is 2. The molecule has 3 rings (SSSR count). The highest BCUT2D eigenvalue weighted by Gasteiger charge is 2.22. The van der Waals surface area contributed by atoms with Gasteiger partial charge in [-0.2, -0.15) is 0 Å². The van der Waals surface area contributed by atoms with Gasteiger partial charge in [0.25, 0.3) is 0 Å². The summed E-state index contributed by atoms with van der Waals surface area (Å²) in [5.74, 6) is -0.137. The molecule has 1 aliphatic rings. The summed E-state index contributed by atoms with van der Waals surface area (Å²) in [5, 5.41) is 0. The van der Waals surface area contributed by atoms with Crippen LogP contribution in [0.4, 0.5) is 11.5 Å². The van der Waals surface area contributed by atoms with Crippen molar-refractivity contribution in [2.45, 2.75) is 32.2 Å². The number of nitrogens with zero attached hydrogens (tertiary/aromatic N) is 3. The summed E-state index contributed by atoms with van der Waals surface area (Å²) >= 11 is 0. The predicted octanol–water partition coefficient (Wildman–Crippen LogP) is 1.61. The molecule has 1 aromatic heterocycles. The summed E-state index contributed by atoms with van der Waals surface area (Å²) in [4.78, 5) is 34.7. The maximum atomic E-state index is 12.7. The fourth-order valence-corrected chi connectivity index (χ4v) is 3.22. The number of rotatable bonds is 5. The van der Waals surface area contributed by atoms with E-state index in [0.717, 1.165) is 37.2 Å². The van der Waals surface area contributed by atoms with Crippen LogP contribution in [0.5, 0.6) is 0 Å². The van der Waals surface area contributed by atoms with Crippen LogP contribution in [0.25, 0.3) is 0 Å². The summed E-state index contributed by atoms with van der Waals surface area (Å²) in [6.07, 6.45) is 4.81. The first kappa shape index (κ1) is 18.0. The molecule has 0 saturated carbocycles. The SMILES string of the molecule is CC(=O)c1ccc(N2CCC(N)CC2)c(CC(=O)c2nccnc2N)c1. The minimum absolute atomic E-state index is 0.0371. The highest BCUT2D eigenvalue weighted by molar-refractivity contribution is 6.01. The van der Waals surface area contributed by atoms with E-state index < -0.39 is 0 Å². The third-order valence-electron chi connectivity index (χ3n) is 4.71. The number of aromatic nitrogens is 2. The number of nitrogen functional groups attached to an aromatic ring is 1. The van der Waals surface area contributed by atoms with Crippen LogP contribution < -0.4 is 16.4 Å². The molecule has 0 amide bonds. The van der Waals surface area contributed by atoms with Gasteiger partial charge >= 0.3 is 0 Å². The molecule has 1 saturated heterocycles. The zero-order valence-electron chi connectivity index (χ0n) is 14.8. The minimum Gasteiger partial charge on any atom is -0.382 e. The molecule has 26 heavy (non-hydrogen) atoms. The van der Waals surface area contributed by atoms with Gasteiger partial charge in [0.15, 0.2) is 17.4 Å². The molecule has 0 bridgehead atoms. The Morgan fingerprint density at radius 1 is 1.19 bits per heavy atom. The zero-order chi connectivity index (χ0) is 18.7. The first-order valence-electron chi connectivity index (χ1n) is 8.69. The number of ketones is 2. The summed E-state index contributed by atoms with van der Waals surface area (Å²) < 4.78 is 0. The smallest absolute Gasteiger partial charge is 0.189 e. The third kappa shape index (κ3) is 3.88. The number of nitrogens with two attached hydrogens (primary N) is 2. The van der Waals surface area contributed by atoms with Crippen LogP contribution in [0, 0.1) is 0 Å². The van der Waals surface area contributed by atoms with Gasteiger partial charge < -0.3 is 16.4 Å². The minimum atomic E-state index is -0.216. The van der Waals surface area contributed by atoms with Crippen molar-refractivity contribution < 1.29 is 9.59 Å². The second-order valence-electron chi connectivity index (χ2n) is 6.61. The molecule has 0 aliphatic carbocycles. The molecule has 0 radical (unpaired) electrons. The van der Waals surface area contributed by atoms with Gasteiger partial charge in [0.2, 0.25) is 0 Å². The molecule has 2 heterocycles. The van der Waals surface area contributed by atoms with E-state index in [0.29, 0.717) is 5.56 Å². The van der Waals surface area contributed by atoms with Crippen molar-refractivity contribution in [3.8, 4) is 0 Å². The Balaban J connectivity index is 1.92. The maximum Gasteiger partial charge on any atom is 0.189 e. The van der Waals surface area contributed by atoms with Gasteiger partial charge in [0.1, 0.15) is 5.69 Å². The van der Waals surface area contributed by atoms with Gasteiger partial charge in [0, 0.05) is 49.2 Å². The van der Waals surface area contributed by atoms with Crippen molar-refractivity contribution >= 4 is 23.1 Å². The molecule has 4 N–H and O–H groups in total. The van der Waals surface area contributed by atoms with E-state index in [1.54, 1.807) is 12.1 Å². The van der Waals surface area contributed by atoms with Gasteiger partial charge in [0.05, 0.1) is 0 Å². The Morgan fingerprint density at radius 3 is 2.54 bits per heavy atom. The Bertz CT molecular complexity index is 828. The normalized spacial score (nSPS) is 15.1. The second kappa shape index (κ2) is 7.61. The fraction of sp³-hybridized carbons (Fsp3) is 0.368. The molecule has 7 heteroatoms. The highest BCUT2D eigenvalue weighted by Crippen LogP contribution is 2.27. The topological polar surface area (TPSA) is 115 Å². The number of carbonyl (C=O) groups excluding carboxylic acids is 2. The number of hydrogen-bond donors (Lipinski definition) is 2. The molecule has 136 valence electrons. The summed E-state index contributed by atoms with van der Waals surface area (Å²) in [7, 11) is 0. The van der Waals surface area contributed by atoms with E-state index in [9.17, 15) is 9.59 Å². The van der Waals surface area contributed by atoms with Crippen molar-refractivity contribution in [1.29, 1.82) is 0 Å². The number of hydrogen-bond acceptors (Lipinski definition) is 7. The van der Waals surface area contributed by atoms with Crippen LogP contribution in [0.15, 0.2) is 30.6 Å². The van der Waals surface area contributed by atoms with E-state index in [1.807, 2.05) is 6.07 Å². The van der Waals surface area contributed by atoms with Gasteiger partial charge in [-0.25, -0.2) is 9.97 Å². The van der Waals surface area contributed by atoms with E-state index in [2.05, 4.69) is 14.9 Å². The van der Waals surface area contributed by atoms with E-state index >= 15 is 0 Å². The molecule has 1 aromatic carbocycles. The molecule has 0 unspecified atom stereocenters. The van der Waals surface area contributed by atoms with Gasteiger partial charge in [-0.05, 0) is 43.5 Å². The number of Topliss-reactive ketones (excluding diaryl/α,β-unsaturated/α-hetero) is 2. The molecule has 7 nitrogen and oxygen atoms in total. The Kier molecular flexibility index (Phi) is 5.27. The monoisotopic (exact) mass is 353 g/mol. The van der Waals surface area contributed by atoms with E-state index in [4.69, 9.17) is 11.5 Å². The Labute approximate surface area is 152 Å². The third-order valence-corrected chi connectivity index (χ3v) is 4.71. The van der Waals surface area contributed by atoms with Gasteiger partial charge in [-0.1, -0.05) is 0 Å².